The van der Waals surface area contributed by atoms with Crippen molar-refractivity contribution < 1.29 is 17.7 Å². The Hall–Kier alpha value is -1.87. The van der Waals surface area contributed by atoms with Crippen LogP contribution in [0.25, 0.3) is 0 Å². The molecule has 0 spiro atoms. The maximum Gasteiger partial charge on any atom is 0.256 e. The van der Waals surface area contributed by atoms with Crippen molar-refractivity contribution in [3.05, 3.63) is 40.9 Å². The summed E-state index contributed by atoms with van der Waals surface area (Å²) in [5, 5.41) is 4.56. The summed E-state index contributed by atoms with van der Waals surface area (Å²) in [6.07, 6.45) is 2.12. The number of pyridine rings is 1. The molecule has 0 aliphatic carbocycles. The van der Waals surface area contributed by atoms with E-state index in [-0.39, 0.29) is 23.5 Å². The van der Waals surface area contributed by atoms with Crippen LogP contribution in [0.1, 0.15) is 33.8 Å². The van der Waals surface area contributed by atoms with Crippen LogP contribution in [-0.4, -0.2) is 54.0 Å². The lowest BCUT2D eigenvalue weighted by atomic mass is 10.2. The summed E-state index contributed by atoms with van der Waals surface area (Å²) in [4.78, 5) is 18.8. The molecule has 26 heavy (non-hydrogen) atoms. The molecular formula is C17H21N3O4S2. The van der Waals surface area contributed by atoms with Gasteiger partial charge in [0, 0.05) is 30.6 Å². The smallest absolute Gasteiger partial charge is 0.256 e. The molecule has 1 atom stereocenters. The minimum absolute atomic E-state index is 0.0249. The lowest BCUT2D eigenvalue weighted by Crippen LogP contribution is -2.38. The van der Waals surface area contributed by atoms with E-state index >= 15 is 0 Å². The Kier molecular flexibility index (Phi) is 5.38. The fourth-order valence-electron chi connectivity index (χ4n) is 2.95. The van der Waals surface area contributed by atoms with Crippen molar-refractivity contribution in [2.24, 2.45) is 0 Å². The molecule has 3 rings (SSSR count). The molecule has 1 saturated heterocycles. The molecule has 9 heteroatoms. The van der Waals surface area contributed by atoms with Gasteiger partial charge in [-0.1, -0.05) is 5.16 Å². The number of aryl methyl sites for hydroxylation is 2. The van der Waals surface area contributed by atoms with Crippen molar-refractivity contribution >= 4 is 27.5 Å². The molecule has 0 saturated carbocycles. The van der Waals surface area contributed by atoms with Crippen molar-refractivity contribution in [2.75, 3.05) is 18.6 Å². The van der Waals surface area contributed by atoms with Gasteiger partial charge < -0.3 is 9.42 Å². The lowest BCUT2D eigenvalue weighted by molar-refractivity contribution is 0.0743. The number of rotatable bonds is 5. The summed E-state index contributed by atoms with van der Waals surface area (Å²) in [5.41, 5.74) is 2.30. The molecular weight excluding hydrogens is 374 g/mol. The van der Waals surface area contributed by atoms with Crippen molar-refractivity contribution in [1.82, 2.24) is 15.0 Å². The normalized spacial score (nSPS) is 18.8. The zero-order valence-corrected chi connectivity index (χ0v) is 16.6. The van der Waals surface area contributed by atoms with Crippen molar-refractivity contribution in [2.45, 2.75) is 37.1 Å². The number of hydrogen-bond donors (Lipinski definition) is 0. The van der Waals surface area contributed by atoms with Gasteiger partial charge in [0.1, 0.15) is 10.8 Å². The molecule has 2 aromatic heterocycles. The zero-order valence-electron chi connectivity index (χ0n) is 14.9. The third-order valence-electron chi connectivity index (χ3n) is 4.61. The number of carbonyl (C=O) groups is 1. The van der Waals surface area contributed by atoms with Gasteiger partial charge in [0.25, 0.3) is 5.91 Å². The van der Waals surface area contributed by atoms with Crippen LogP contribution in [0.3, 0.4) is 0 Å². The summed E-state index contributed by atoms with van der Waals surface area (Å²) >= 11 is 1.44. The predicted molar refractivity (Wildman–Crippen MR) is 98.9 cm³/mol. The van der Waals surface area contributed by atoms with Crippen LogP contribution in [-0.2, 0) is 15.6 Å². The van der Waals surface area contributed by atoms with Gasteiger partial charge in [-0.2, -0.15) is 0 Å². The number of sulfone groups is 1. The fraction of sp³-hybridized carbons (Fsp3) is 0.471. The zero-order chi connectivity index (χ0) is 18.9. The molecule has 1 aliphatic rings. The Bertz CT molecular complexity index is 904. The van der Waals surface area contributed by atoms with E-state index in [1.165, 1.54) is 16.7 Å². The minimum atomic E-state index is -3.05. The van der Waals surface area contributed by atoms with E-state index < -0.39 is 9.84 Å². The number of aromatic nitrogens is 2. The van der Waals surface area contributed by atoms with Crippen molar-refractivity contribution in [3.63, 3.8) is 0 Å². The van der Waals surface area contributed by atoms with E-state index in [1.54, 1.807) is 25.4 Å². The quantitative estimate of drug-likeness (QED) is 0.717. The van der Waals surface area contributed by atoms with Gasteiger partial charge in [0.15, 0.2) is 9.84 Å². The highest BCUT2D eigenvalue weighted by molar-refractivity contribution is 7.98. The Morgan fingerprint density at radius 2 is 2.19 bits per heavy atom. The van der Waals surface area contributed by atoms with Crippen LogP contribution in [0.4, 0.5) is 0 Å². The third kappa shape index (κ3) is 3.93. The number of amides is 1. The molecule has 2 aromatic rings. The average Bonchev–Trinajstić information content (AvgIpc) is 3.14. The number of hydrogen-bond acceptors (Lipinski definition) is 7. The van der Waals surface area contributed by atoms with E-state index in [1.807, 2.05) is 13.8 Å². The molecule has 7 nitrogen and oxygen atoms in total. The second kappa shape index (κ2) is 7.40. The maximum atomic E-state index is 12.9. The average molecular weight is 396 g/mol. The lowest BCUT2D eigenvalue weighted by Gasteiger charge is -2.24. The Morgan fingerprint density at radius 1 is 1.42 bits per heavy atom. The molecule has 0 radical (unpaired) electrons. The Labute approximate surface area is 157 Å². The van der Waals surface area contributed by atoms with Crippen LogP contribution in [0.2, 0.25) is 0 Å². The van der Waals surface area contributed by atoms with Gasteiger partial charge in [-0.05, 0) is 32.4 Å². The van der Waals surface area contributed by atoms with E-state index in [0.717, 1.165) is 17.0 Å². The van der Waals surface area contributed by atoms with Crippen LogP contribution < -0.4 is 0 Å². The summed E-state index contributed by atoms with van der Waals surface area (Å²) < 4.78 is 28.6. The second-order valence-electron chi connectivity index (χ2n) is 6.42. The molecule has 0 N–H and O–H groups in total. The van der Waals surface area contributed by atoms with Gasteiger partial charge in [-0.3, -0.25) is 4.79 Å². The Balaban J connectivity index is 1.77. The molecule has 0 unspecified atom stereocenters. The summed E-state index contributed by atoms with van der Waals surface area (Å²) in [7, 11) is -1.39. The Morgan fingerprint density at radius 3 is 2.81 bits per heavy atom. The second-order valence-corrected chi connectivity index (χ2v) is 9.61. The van der Waals surface area contributed by atoms with Gasteiger partial charge >= 0.3 is 0 Å². The summed E-state index contributed by atoms with van der Waals surface area (Å²) in [5.74, 6) is 1.31. The SMILES string of the molecule is Cc1noc(C)c1CSc1ncccc1C(=O)N(C)[C@H]1CCS(=O)(=O)C1. The van der Waals surface area contributed by atoms with E-state index in [9.17, 15) is 13.2 Å². The molecule has 140 valence electrons. The van der Waals surface area contributed by atoms with Crippen molar-refractivity contribution in [1.29, 1.82) is 0 Å². The third-order valence-corrected chi connectivity index (χ3v) is 7.39. The molecule has 3 heterocycles. The first-order valence-corrected chi connectivity index (χ1v) is 11.1. The topological polar surface area (TPSA) is 93.4 Å². The standard InChI is InChI=1S/C17H21N3O4S2/c1-11-15(12(2)24-19-11)9-25-16-14(5-4-7-18-16)17(21)20(3)13-6-8-26(22,23)10-13/h4-5,7,13H,6,8-10H2,1-3H3/t13-/m0/s1. The largest absolute Gasteiger partial charge is 0.361 e. The van der Waals surface area contributed by atoms with Gasteiger partial charge in [-0.25, -0.2) is 13.4 Å². The first kappa shape index (κ1) is 18.9. The highest BCUT2D eigenvalue weighted by atomic mass is 32.2. The van der Waals surface area contributed by atoms with Crippen LogP contribution >= 0.6 is 11.8 Å². The van der Waals surface area contributed by atoms with E-state index in [0.29, 0.717) is 22.8 Å². The molecule has 0 aromatic carbocycles. The van der Waals surface area contributed by atoms with Gasteiger partial charge in [-0.15, -0.1) is 11.8 Å². The monoisotopic (exact) mass is 395 g/mol. The van der Waals surface area contributed by atoms with Gasteiger partial charge in [0.2, 0.25) is 0 Å². The number of nitrogens with zero attached hydrogens (tertiary/aromatic N) is 3. The number of thioether (sulfide) groups is 1. The maximum absolute atomic E-state index is 12.9. The number of carbonyl (C=O) groups excluding carboxylic acids is 1. The molecule has 0 bridgehead atoms. The van der Waals surface area contributed by atoms with Crippen LogP contribution in [0.5, 0.6) is 0 Å². The van der Waals surface area contributed by atoms with E-state index in [2.05, 4.69) is 10.1 Å². The highest BCUT2D eigenvalue weighted by Gasteiger charge is 2.33. The van der Waals surface area contributed by atoms with Crippen LogP contribution in [0, 0.1) is 13.8 Å². The fourth-order valence-corrected chi connectivity index (χ4v) is 5.87. The summed E-state index contributed by atoms with van der Waals surface area (Å²) in [6.45, 7) is 3.74. The molecule has 1 amide bonds. The first-order valence-electron chi connectivity index (χ1n) is 8.25. The van der Waals surface area contributed by atoms with Crippen LogP contribution in [0.15, 0.2) is 27.9 Å². The molecule has 1 aliphatic heterocycles. The van der Waals surface area contributed by atoms with Crippen molar-refractivity contribution in [3.8, 4) is 0 Å². The predicted octanol–water partition coefficient (Wildman–Crippen LogP) is 2.24. The molecule has 1 fully saturated rings. The van der Waals surface area contributed by atoms with E-state index in [4.69, 9.17) is 4.52 Å². The minimum Gasteiger partial charge on any atom is -0.361 e. The first-order chi connectivity index (χ1) is 12.3. The summed E-state index contributed by atoms with van der Waals surface area (Å²) in [6, 6.07) is 3.16. The highest BCUT2D eigenvalue weighted by Crippen LogP contribution is 2.28. The van der Waals surface area contributed by atoms with Gasteiger partial charge in [0.05, 0.1) is 22.8 Å².